The van der Waals surface area contributed by atoms with E-state index >= 15 is 0 Å². The van der Waals surface area contributed by atoms with Crippen LogP contribution in [0.3, 0.4) is 0 Å². The zero-order valence-corrected chi connectivity index (χ0v) is 12.8. The Balaban J connectivity index is 3.02. The molecule has 1 N–H and O–H groups in total. The lowest BCUT2D eigenvalue weighted by atomic mass is 10.0. The fourth-order valence-corrected chi connectivity index (χ4v) is 2.76. The van der Waals surface area contributed by atoms with E-state index in [4.69, 9.17) is 46.4 Å². The van der Waals surface area contributed by atoms with Crippen molar-refractivity contribution in [1.29, 1.82) is 0 Å². The van der Waals surface area contributed by atoms with Crippen molar-refractivity contribution in [2.24, 2.45) is 0 Å². The van der Waals surface area contributed by atoms with Gasteiger partial charge in [-0.15, -0.1) is 23.2 Å². The highest BCUT2D eigenvalue weighted by Crippen LogP contribution is 2.25. The van der Waals surface area contributed by atoms with E-state index in [1.807, 2.05) is 6.92 Å². The van der Waals surface area contributed by atoms with Gasteiger partial charge >= 0.3 is 0 Å². The molecule has 100 valence electrons. The summed E-state index contributed by atoms with van der Waals surface area (Å²) < 4.78 is 0. The number of hydrogen-bond acceptors (Lipinski definition) is 1. The molecule has 18 heavy (non-hydrogen) atoms. The van der Waals surface area contributed by atoms with Crippen LogP contribution in [0.15, 0.2) is 18.2 Å². The Labute approximate surface area is 127 Å². The van der Waals surface area contributed by atoms with Gasteiger partial charge in [-0.25, -0.2) is 0 Å². The van der Waals surface area contributed by atoms with Crippen LogP contribution in [-0.4, -0.2) is 23.2 Å². The summed E-state index contributed by atoms with van der Waals surface area (Å²) in [5.41, 5.74) is -0.406. The van der Waals surface area contributed by atoms with Crippen molar-refractivity contribution in [3.05, 3.63) is 33.8 Å². The molecule has 1 aromatic rings. The fourth-order valence-electron chi connectivity index (χ4n) is 1.40. The Bertz CT molecular complexity index is 404. The predicted molar refractivity (Wildman–Crippen MR) is 78.4 cm³/mol. The first-order valence-electron chi connectivity index (χ1n) is 5.38. The van der Waals surface area contributed by atoms with Gasteiger partial charge in [-0.2, -0.15) is 0 Å². The van der Waals surface area contributed by atoms with Gasteiger partial charge < -0.3 is 5.32 Å². The van der Waals surface area contributed by atoms with Crippen molar-refractivity contribution < 1.29 is 4.79 Å². The minimum Gasteiger partial charge on any atom is -0.344 e. The SMILES string of the molecule is CCC(CCl)(CCl)NC(=O)c1c(Cl)cccc1Cl. The average molecular weight is 329 g/mol. The smallest absolute Gasteiger partial charge is 0.254 e. The Hall–Kier alpha value is -0.150. The molecule has 0 spiro atoms. The summed E-state index contributed by atoms with van der Waals surface area (Å²) in [7, 11) is 0. The highest BCUT2D eigenvalue weighted by atomic mass is 35.5. The second-order valence-electron chi connectivity index (χ2n) is 3.95. The van der Waals surface area contributed by atoms with Crippen molar-refractivity contribution in [3.63, 3.8) is 0 Å². The topological polar surface area (TPSA) is 29.1 Å². The third kappa shape index (κ3) is 3.45. The number of rotatable bonds is 5. The van der Waals surface area contributed by atoms with Crippen LogP contribution in [0.2, 0.25) is 10.0 Å². The zero-order chi connectivity index (χ0) is 13.8. The van der Waals surface area contributed by atoms with Crippen molar-refractivity contribution in [3.8, 4) is 0 Å². The van der Waals surface area contributed by atoms with Gasteiger partial charge in [0.15, 0.2) is 0 Å². The van der Waals surface area contributed by atoms with E-state index in [1.54, 1.807) is 18.2 Å². The van der Waals surface area contributed by atoms with E-state index in [9.17, 15) is 4.79 Å². The van der Waals surface area contributed by atoms with E-state index in [0.717, 1.165) is 0 Å². The standard InChI is InChI=1S/C12H13Cl4NO/c1-2-12(6-13,7-14)17-11(18)10-8(15)4-3-5-9(10)16/h3-5H,2,6-7H2,1H3,(H,17,18). The molecule has 1 amide bonds. The summed E-state index contributed by atoms with van der Waals surface area (Å²) >= 11 is 23.7. The van der Waals surface area contributed by atoms with Gasteiger partial charge in [-0.3, -0.25) is 4.79 Å². The number of carbonyl (C=O) groups is 1. The molecule has 2 nitrogen and oxygen atoms in total. The number of hydrogen-bond donors (Lipinski definition) is 1. The number of alkyl halides is 2. The lowest BCUT2D eigenvalue weighted by Crippen LogP contribution is -2.51. The summed E-state index contributed by atoms with van der Waals surface area (Å²) in [6, 6.07) is 4.90. The van der Waals surface area contributed by atoms with Crippen molar-refractivity contribution in [2.45, 2.75) is 18.9 Å². The largest absolute Gasteiger partial charge is 0.344 e. The van der Waals surface area contributed by atoms with E-state index in [2.05, 4.69) is 5.32 Å². The molecule has 0 aliphatic carbocycles. The van der Waals surface area contributed by atoms with Crippen molar-refractivity contribution in [1.82, 2.24) is 5.32 Å². The average Bonchev–Trinajstić information content (AvgIpc) is 2.36. The molecule has 0 aromatic heterocycles. The molecule has 0 saturated carbocycles. The third-order valence-corrected chi connectivity index (χ3v) is 4.41. The van der Waals surface area contributed by atoms with Crippen LogP contribution in [-0.2, 0) is 0 Å². The molecule has 0 radical (unpaired) electrons. The second-order valence-corrected chi connectivity index (χ2v) is 5.30. The number of amides is 1. The molecule has 6 heteroatoms. The van der Waals surface area contributed by atoms with Gasteiger partial charge in [0.2, 0.25) is 0 Å². The molecule has 1 rings (SSSR count). The second kappa shape index (κ2) is 6.85. The maximum atomic E-state index is 12.2. The van der Waals surface area contributed by atoms with Gasteiger partial charge in [-0.1, -0.05) is 36.2 Å². The third-order valence-electron chi connectivity index (χ3n) is 2.76. The van der Waals surface area contributed by atoms with Gasteiger partial charge in [-0.05, 0) is 18.6 Å². The number of nitrogens with one attached hydrogen (secondary N) is 1. The zero-order valence-electron chi connectivity index (χ0n) is 9.77. The van der Waals surface area contributed by atoms with Crippen molar-refractivity contribution in [2.75, 3.05) is 11.8 Å². The minimum atomic E-state index is -0.650. The minimum absolute atomic E-state index is 0.223. The summed E-state index contributed by atoms with van der Waals surface area (Å²) in [4.78, 5) is 12.2. The Morgan fingerprint density at radius 1 is 1.22 bits per heavy atom. The molecule has 0 aliphatic rings. The lowest BCUT2D eigenvalue weighted by Gasteiger charge is -2.29. The van der Waals surface area contributed by atoms with Gasteiger partial charge in [0.05, 0.1) is 21.1 Å². The molecule has 0 aliphatic heterocycles. The van der Waals surface area contributed by atoms with Crippen LogP contribution >= 0.6 is 46.4 Å². The Morgan fingerprint density at radius 3 is 2.11 bits per heavy atom. The first kappa shape index (κ1) is 15.9. The van der Waals surface area contributed by atoms with Crippen LogP contribution in [0, 0.1) is 0 Å². The van der Waals surface area contributed by atoms with Crippen LogP contribution in [0.25, 0.3) is 0 Å². The molecule has 0 bridgehead atoms. The molecule has 0 heterocycles. The highest BCUT2D eigenvalue weighted by molar-refractivity contribution is 6.39. The fraction of sp³-hybridized carbons (Fsp3) is 0.417. The first-order chi connectivity index (χ1) is 8.49. The summed E-state index contributed by atoms with van der Waals surface area (Å²) in [5.74, 6) is 0.0792. The maximum absolute atomic E-state index is 12.2. The number of benzene rings is 1. The summed E-state index contributed by atoms with van der Waals surface area (Å²) in [6.07, 6.45) is 0.619. The molecule has 0 saturated heterocycles. The van der Waals surface area contributed by atoms with Crippen LogP contribution in [0.1, 0.15) is 23.7 Å². The quantitative estimate of drug-likeness (QED) is 0.800. The molecule has 1 aromatic carbocycles. The summed E-state index contributed by atoms with van der Waals surface area (Å²) in [6.45, 7) is 1.90. The highest BCUT2D eigenvalue weighted by Gasteiger charge is 2.30. The predicted octanol–water partition coefficient (Wildman–Crippen LogP) is 4.35. The van der Waals surface area contributed by atoms with E-state index in [-0.39, 0.29) is 23.2 Å². The van der Waals surface area contributed by atoms with E-state index < -0.39 is 5.54 Å². The van der Waals surface area contributed by atoms with Gasteiger partial charge in [0.25, 0.3) is 5.91 Å². The molecular formula is C12H13Cl4NO. The maximum Gasteiger partial charge on any atom is 0.254 e. The normalized spacial score (nSPS) is 11.4. The van der Waals surface area contributed by atoms with Crippen LogP contribution in [0.5, 0.6) is 0 Å². The van der Waals surface area contributed by atoms with E-state index in [0.29, 0.717) is 16.5 Å². The van der Waals surface area contributed by atoms with E-state index in [1.165, 1.54) is 0 Å². The number of halogens is 4. The van der Waals surface area contributed by atoms with Gasteiger partial charge in [0.1, 0.15) is 0 Å². The Morgan fingerprint density at radius 2 is 1.72 bits per heavy atom. The molecule has 0 fully saturated rings. The van der Waals surface area contributed by atoms with Crippen LogP contribution < -0.4 is 5.32 Å². The van der Waals surface area contributed by atoms with Crippen LogP contribution in [0.4, 0.5) is 0 Å². The molecule has 0 atom stereocenters. The van der Waals surface area contributed by atoms with Crippen molar-refractivity contribution >= 4 is 52.3 Å². The summed E-state index contributed by atoms with van der Waals surface area (Å²) in [5, 5.41) is 3.41. The molecule has 0 unspecified atom stereocenters. The Kier molecular flexibility index (Phi) is 6.06. The monoisotopic (exact) mass is 327 g/mol. The molecular weight excluding hydrogens is 316 g/mol. The first-order valence-corrected chi connectivity index (χ1v) is 7.20. The van der Waals surface area contributed by atoms with Gasteiger partial charge in [0, 0.05) is 11.8 Å². The lowest BCUT2D eigenvalue weighted by molar-refractivity contribution is 0.0914. The number of carbonyl (C=O) groups excluding carboxylic acids is 1.